The molecule has 1 aromatic carbocycles. The first-order valence-corrected chi connectivity index (χ1v) is 7.24. The summed E-state index contributed by atoms with van der Waals surface area (Å²) < 4.78 is 0. The zero-order valence-corrected chi connectivity index (χ0v) is 12.8. The number of amides is 1. The number of nitrogens with one attached hydrogen (secondary N) is 2. The van der Waals surface area contributed by atoms with Crippen LogP contribution in [-0.4, -0.2) is 16.9 Å². The first-order chi connectivity index (χ1) is 10.1. The van der Waals surface area contributed by atoms with Crippen molar-refractivity contribution in [2.75, 3.05) is 5.32 Å². The summed E-state index contributed by atoms with van der Waals surface area (Å²) in [5.41, 5.74) is 2.13. The minimum atomic E-state index is -0.119. The zero-order chi connectivity index (χ0) is 15.2. The van der Waals surface area contributed by atoms with Crippen LogP contribution in [0.1, 0.15) is 30.6 Å². The molecule has 0 bridgehead atoms. The molecule has 0 saturated carbocycles. The van der Waals surface area contributed by atoms with Crippen molar-refractivity contribution in [2.45, 2.75) is 26.3 Å². The van der Waals surface area contributed by atoms with E-state index in [1.165, 1.54) is 0 Å². The Hall–Kier alpha value is -2.07. The van der Waals surface area contributed by atoms with E-state index < -0.39 is 0 Å². The second kappa shape index (κ2) is 7.09. The first kappa shape index (κ1) is 15.3. The number of benzene rings is 1. The molecular formula is C16H18ClN3O. The van der Waals surface area contributed by atoms with Gasteiger partial charge >= 0.3 is 0 Å². The number of anilines is 2. The van der Waals surface area contributed by atoms with E-state index in [9.17, 15) is 4.79 Å². The minimum Gasteiger partial charge on any atom is -0.354 e. The molecule has 4 nitrogen and oxygen atoms in total. The van der Waals surface area contributed by atoms with Crippen molar-refractivity contribution in [2.24, 2.45) is 0 Å². The molecule has 5 heteroatoms. The van der Waals surface area contributed by atoms with Crippen molar-refractivity contribution in [3.8, 4) is 0 Å². The molecule has 0 spiro atoms. The summed E-state index contributed by atoms with van der Waals surface area (Å²) in [5.74, 6) is -0.119. The molecule has 1 amide bonds. The number of aromatic nitrogens is 1. The third-order valence-corrected chi connectivity index (χ3v) is 3.34. The second-order valence-electron chi connectivity index (χ2n) is 4.88. The number of carbonyl (C=O) groups is 1. The van der Waals surface area contributed by atoms with Gasteiger partial charge in [0.1, 0.15) is 0 Å². The quantitative estimate of drug-likeness (QED) is 0.877. The van der Waals surface area contributed by atoms with Gasteiger partial charge in [0.2, 0.25) is 0 Å². The van der Waals surface area contributed by atoms with Crippen LogP contribution in [0.4, 0.5) is 11.4 Å². The lowest BCUT2D eigenvalue weighted by molar-refractivity contribution is 0.0939. The van der Waals surface area contributed by atoms with Crippen molar-refractivity contribution >= 4 is 28.9 Å². The van der Waals surface area contributed by atoms with Crippen LogP contribution in [0.2, 0.25) is 5.02 Å². The summed E-state index contributed by atoms with van der Waals surface area (Å²) >= 11 is 5.95. The van der Waals surface area contributed by atoms with Gasteiger partial charge in [-0.15, -0.1) is 0 Å². The molecular weight excluding hydrogens is 286 g/mol. The molecule has 0 aliphatic heterocycles. The lowest BCUT2D eigenvalue weighted by Gasteiger charge is -2.12. The minimum absolute atomic E-state index is 0.119. The molecule has 1 unspecified atom stereocenters. The van der Waals surface area contributed by atoms with E-state index in [0.29, 0.717) is 10.6 Å². The largest absolute Gasteiger partial charge is 0.354 e. The monoisotopic (exact) mass is 303 g/mol. The average Bonchev–Trinajstić information content (AvgIpc) is 2.47. The number of hydrogen-bond donors (Lipinski definition) is 2. The molecule has 0 fully saturated rings. The van der Waals surface area contributed by atoms with Crippen molar-refractivity contribution < 1.29 is 4.79 Å². The SMILES string of the molecule is CCC(C)NC(=O)c1cncc(Nc2cccc(Cl)c2)c1. The van der Waals surface area contributed by atoms with Gasteiger partial charge in [0, 0.05) is 22.9 Å². The normalized spacial score (nSPS) is 11.8. The Morgan fingerprint density at radius 1 is 1.29 bits per heavy atom. The zero-order valence-electron chi connectivity index (χ0n) is 12.1. The van der Waals surface area contributed by atoms with E-state index >= 15 is 0 Å². The molecule has 0 aliphatic carbocycles. The number of nitrogens with zero attached hydrogens (tertiary/aromatic N) is 1. The van der Waals surface area contributed by atoms with Gasteiger partial charge in [0.05, 0.1) is 17.4 Å². The van der Waals surface area contributed by atoms with Gasteiger partial charge in [0.15, 0.2) is 0 Å². The highest BCUT2D eigenvalue weighted by atomic mass is 35.5. The Morgan fingerprint density at radius 3 is 2.81 bits per heavy atom. The van der Waals surface area contributed by atoms with E-state index in [1.54, 1.807) is 24.5 Å². The molecule has 2 N–H and O–H groups in total. The second-order valence-corrected chi connectivity index (χ2v) is 5.32. The predicted octanol–water partition coefficient (Wildman–Crippen LogP) is 4.01. The maximum absolute atomic E-state index is 12.1. The topological polar surface area (TPSA) is 54.0 Å². The van der Waals surface area contributed by atoms with Crippen LogP contribution >= 0.6 is 11.6 Å². The highest BCUT2D eigenvalue weighted by Crippen LogP contribution is 2.20. The number of hydrogen-bond acceptors (Lipinski definition) is 3. The molecule has 1 atom stereocenters. The fourth-order valence-corrected chi connectivity index (χ4v) is 1.96. The Morgan fingerprint density at radius 2 is 2.10 bits per heavy atom. The standard InChI is InChI=1S/C16H18ClN3O/c1-3-11(2)19-16(21)12-7-15(10-18-9-12)20-14-6-4-5-13(17)8-14/h4-11,20H,3H2,1-2H3,(H,19,21). The summed E-state index contributed by atoms with van der Waals surface area (Å²) in [5, 5.41) is 6.75. The molecule has 0 aliphatic rings. The van der Waals surface area contributed by atoms with Crippen LogP contribution in [0.25, 0.3) is 0 Å². The van der Waals surface area contributed by atoms with Gasteiger partial charge in [-0.2, -0.15) is 0 Å². The molecule has 110 valence electrons. The number of rotatable bonds is 5. The Kier molecular flexibility index (Phi) is 5.17. The first-order valence-electron chi connectivity index (χ1n) is 6.87. The van der Waals surface area contributed by atoms with Gasteiger partial charge in [-0.05, 0) is 37.6 Å². The Balaban J connectivity index is 2.12. The summed E-state index contributed by atoms with van der Waals surface area (Å²) in [6.45, 7) is 4.00. The summed E-state index contributed by atoms with van der Waals surface area (Å²) in [7, 11) is 0. The number of carbonyl (C=O) groups excluding carboxylic acids is 1. The molecule has 1 heterocycles. The molecule has 21 heavy (non-hydrogen) atoms. The summed E-state index contributed by atoms with van der Waals surface area (Å²) in [6.07, 6.45) is 4.11. The maximum atomic E-state index is 12.1. The lowest BCUT2D eigenvalue weighted by atomic mass is 10.2. The smallest absolute Gasteiger partial charge is 0.253 e. The van der Waals surface area contributed by atoms with Gasteiger partial charge in [0.25, 0.3) is 5.91 Å². The molecule has 1 aromatic heterocycles. The molecule has 0 radical (unpaired) electrons. The lowest BCUT2D eigenvalue weighted by Crippen LogP contribution is -2.31. The van der Waals surface area contributed by atoms with Crippen LogP contribution < -0.4 is 10.6 Å². The number of halogens is 1. The summed E-state index contributed by atoms with van der Waals surface area (Å²) in [4.78, 5) is 16.2. The maximum Gasteiger partial charge on any atom is 0.253 e. The molecule has 2 rings (SSSR count). The van der Waals surface area contributed by atoms with Crippen molar-refractivity contribution in [3.63, 3.8) is 0 Å². The predicted molar refractivity (Wildman–Crippen MR) is 86.2 cm³/mol. The van der Waals surface area contributed by atoms with E-state index in [4.69, 9.17) is 11.6 Å². The van der Waals surface area contributed by atoms with Gasteiger partial charge < -0.3 is 10.6 Å². The van der Waals surface area contributed by atoms with Crippen molar-refractivity contribution in [1.29, 1.82) is 0 Å². The van der Waals surface area contributed by atoms with Gasteiger partial charge in [-0.3, -0.25) is 9.78 Å². The fourth-order valence-electron chi connectivity index (χ4n) is 1.77. The Bertz CT molecular complexity index is 630. The molecule has 0 saturated heterocycles. The van der Waals surface area contributed by atoms with E-state index in [-0.39, 0.29) is 11.9 Å². The highest BCUT2D eigenvalue weighted by molar-refractivity contribution is 6.30. The third kappa shape index (κ3) is 4.46. The average molecular weight is 304 g/mol. The third-order valence-electron chi connectivity index (χ3n) is 3.10. The highest BCUT2D eigenvalue weighted by Gasteiger charge is 2.09. The fraction of sp³-hybridized carbons (Fsp3) is 0.250. The van der Waals surface area contributed by atoms with Crippen LogP contribution in [-0.2, 0) is 0 Å². The van der Waals surface area contributed by atoms with Crippen LogP contribution in [0.15, 0.2) is 42.7 Å². The van der Waals surface area contributed by atoms with E-state index in [2.05, 4.69) is 15.6 Å². The van der Waals surface area contributed by atoms with Crippen molar-refractivity contribution in [3.05, 3.63) is 53.3 Å². The van der Waals surface area contributed by atoms with E-state index in [0.717, 1.165) is 17.8 Å². The van der Waals surface area contributed by atoms with Gasteiger partial charge in [-0.1, -0.05) is 24.6 Å². The van der Waals surface area contributed by atoms with Crippen molar-refractivity contribution in [1.82, 2.24) is 10.3 Å². The van der Waals surface area contributed by atoms with Crippen LogP contribution in [0.5, 0.6) is 0 Å². The summed E-state index contributed by atoms with van der Waals surface area (Å²) in [6, 6.07) is 9.29. The molecule has 2 aromatic rings. The van der Waals surface area contributed by atoms with Crippen LogP contribution in [0, 0.1) is 0 Å². The van der Waals surface area contributed by atoms with E-state index in [1.807, 2.05) is 32.0 Å². The number of pyridine rings is 1. The van der Waals surface area contributed by atoms with Gasteiger partial charge in [-0.25, -0.2) is 0 Å². The van der Waals surface area contributed by atoms with Crippen LogP contribution in [0.3, 0.4) is 0 Å². The Labute approximate surface area is 129 Å².